The average molecular weight is 374 g/mol. The van der Waals surface area contributed by atoms with E-state index in [1.54, 1.807) is 0 Å². The van der Waals surface area contributed by atoms with Gasteiger partial charge in [0.2, 0.25) is 0 Å². The third kappa shape index (κ3) is 4.49. The zero-order valence-electron chi connectivity index (χ0n) is 16.4. The van der Waals surface area contributed by atoms with Crippen molar-refractivity contribution in [1.29, 1.82) is 0 Å². The van der Waals surface area contributed by atoms with E-state index in [4.69, 9.17) is 14.7 Å². The van der Waals surface area contributed by atoms with E-state index in [9.17, 15) is 0 Å². The van der Waals surface area contributed by atoms with Gasteiger partial charge in [0.15, 0.2) is 5.82 Å². The monoisotopic (exact) mass is 374 g/mol. The van der Waals surface area contributed by atoms with Crippen LogP contribution in [-0.4, -0.2) is 29.2 Å². The number of anilines is 3. The molecule has 5 nitrogen and oxygen atoms in total. The summed E-state index contributed by atoms with van der Waals surface area (Å²) in [6.45, 7) is 5.81. The first-order valence-electron chi connectivity index (χ1n) is 9.81. The van der Waals surface area contributed by atoms with Gasteiger partial charge in [-0.15, -0.1) is 0 Å². The van der Waals surface area contributed by atoms with Gasteiger partial charge in [0.1, 0.15) is 11.6 Å². The van der Waals surface area contributed by atoms with Crippen molar-refractivity contribution < 1.29 is 4.74 Å². The lowest BCUT2D eigenvalue weighted by Gasteiger charge is -2.15. The Morgan fingerprint density at radius 1 is 1.00 bits per heavy atom. The van der Waals surface area contributed by atoms with Crippen LogP contribution < -0.4 is 10.6 Å². The minimum atomic E-state index is 0.255. The summed E-state index contributed by atoms with van der Waals surface area (Å²) in [5.74, 6) is 2.28. The Hall–Kier alpha value is -2.92. The first-order chi connectivity index (χ1) is 13.7. The highest BCUT2D eigenvalue weighted by Gasteiger charge is 2.16. The van der Waals surface area contributed by atoms with Crippen LogP contribution >= 0.6 is 0 Å². The van der Waals surface area contributed by atoms with Crippen LogP contribution in [0, 0.1) is 13.8 Å². The maximum absolute atomic E-state index is 5.72. The molecular formula is C23H26N4O. The van der Waals surface area contributed by atoms with E-state index in [1.165, 1.54) is 11.1 Å². The van der Waals surface area contributed by atoms with Crippen LogP contribution in [0.25, 0.3) is 11.4 Å². The molecule has 0 aliphatic carbocycles. The minimum absolute atomic E-state index is 0.255. The molecule has 4 rings (SSSR count). The predicted octanol–water partition coefficient (Wildman–Crippen LogP) is 5.09. The Morgan fingerprint density at radius 2 is 1.82 bits per heavy atom. The fourth-order valence-electron chi connectivity index (χ4n) is 3.43. The van der Waals surface area contributed by atoms with Crippen molar-refractivity contribution in [1.82, 2.24) is 9.97 Å². The van der Waals surface area contributed by atoms with Gasteiger partial charge in [0.25, 0.3) is 0 Å². The van der Waals surface area contributed by atoms with Crippen LogP contribution in [0.3, 0.4) is 0 Å². The Labute approximate surface area is 166 Å². The van der Waals surface area contributed by atoms with E-state index >= 15 is 0 Å². The number of benzene rings is 2. The number of hydrogen-bond donors (Lipinski definition) is 2. The van der Waals surface area contributed by atoms with Crippen molar-refractivity contribution in [2.24, 2.45) is 0 Å². The molecule has 28 heavy (non-hydrogen) atoms. The Morgan fingerprint density at radius 3 is 2.57 bits per heavy atom. The third-order valence-electron chi connectivity index (χ3n) is 4.94. The zero-order valence-corrected chi connectivity index (χ0v) is 16.4. The van der Waals surface area contributed by atoms with Gasteiger partial charge in [-0.05, 0) is 38.3 Å². The zero-order chi connectivity index (χ0) is 19.3. The van der Waals surface area contributed by atoms with E-state index in [0.29, 0.717) is 5.82 Å². The quantitative estimate of drug-likeness (QED) is 0.629. The molecule has 0 spiro atoms. The molecule has 2 aromatic carbocycles. The van der Waals surface area contributed by atoms with E-state index in [1.807, 2.05) is 36.4 Å². The average Bonchev–Trinajstić information content (AvgIpc) is 3.23. The smallest absolute Gasteiger partial charge is 0.163 e. The van der Waals surface area contributed by atoms with Crippen molar-refractivity contribution >= 4 is 17.3 Å². The molecule has 144 valence electrons. The molecule has 0 amide bonds. The van der Waals surface area contributed by atoms with Gasteiger partial charge in [-0.25, -0.2) is 9.97 Å². The summed E-state index contributed by atoms with van der Waals surface area (Å²) in [4.78, 5) is 9.47. The number of ether oxygens (including phenoxy) is 1. The summed E-state index contributed by atoms with van der Waals surface area (Å²) in [5.41, 5.74) is 4.48. The highest BCUT2D eigenvalue weighted by molar-refractivity contribution is 5.66. The lowest BCUT2D eigenvalue weighted by molar-refractivity contribution is 0.120. The highest BCUT2D eigenvalue weighted by Crippen LogP contribution is 2.25. The topological polar surface area (TPSA) is 59.1 Å². The van der Waals surface area contributed by atoms with Crippen LogP contribution in [0.4, 0.5) is 17.3 Å². The van der Waals surface area contributed by atoms with E-state index in [-0.39, 0.29) is 6.10 Å². The molecule has 1 saturated heterocycles. The molecule has 0 saturated carbocycles. The van der Waals surface area contributed by atoms with Gasteiger partial charge in [0.05, 0.1) is 6.10 Å². The first-order valence-corrected chi connectivity index (χ1v) is 9.81. The number of nitrogens with zero attached hydrogens (tertiary/aromatic N) is 2. The first kappa shape index (κ1) is 18.4. The number of aryl methyl sites for hydroxylation is 2. The standard InChI is InChI=1S/C23H26N4O/c1-16-10-11-20(17(2)13-16)25-22-14-21(24-15-19-9-6-12-28-19)26-23(27-22)18-7-4-3-5-8-18/h3-5,7-8,10-11,13-14,19H,6,9,12,15H2,1-2H3,(H2,24,25,26,27). The summed E-state index contributed by atoms with van der Waals surface area (Å²) < 4.78 is 5.72. The molecule has 1 aliphatic rings. The second-order valence-electron chi connectivity index (χ2n) is 7.29. The Balaban J connectivity index is 1.62. The van der Waals surface area contributed by atoms with Crippen molar-refractivity contribution in [2.75, 3.05) is 23.8 Å². The van der Waals surface area contributed by atoms with Crippen molar-refractivity contribution in [2.45, 2.75) is 32.8 Å². The summed E-state index contributed by atoms with van der Waals surface area (Å²) in [7, 11) is 0. The second kappa shape index (κ2) is 8.40. The van der Waals surface area contributed by atoms with Gasteiger partial charge in [-0.1, -0.05) is 48.0 Å². The molecule has 2 N–H and O–H groups in total. The lowest BCUT2D eigenvalue weighted by atomic mass is 10.1. The predicted molar refractivity (Wildman–Crippen MR) is 114 cm³/mol. The molecule has 1 aromatic heterocycles. The lowest BCUT2D eigenvalue weighted by Crippen LogP contribution is -2.19. The number of rotatable bonds is 6. The second-order valence-corrected chi connectivity index (χ2v) is 7.29. The van der Waals surface area contributed by atoms with E-state index in [0.717, 1.165) is 48.9 Å². The van der Waals surface area contributed by atoms with Crippen LogP contribution in [0.1, 0.15) is 24.0 Å². The van der Waals surface area contributed by atoms with Crippen LogP contribution in [0.5, 0.6) is 0 Å². The maximum atomic E-state index is 5.72. The summed E-state index contributed by atoms with van der Waals surface area (Å²) in [6.07, 6.45) is 2.48. The van der Waals surface area contributed by atoms with Gasteiger partial charge in [-0.3, -0.25) is 0 Å². The maximum Gasteiger partial charge on any atom is 0.163 e. The van der Waals surface area contributed by atoms with Crippen LogP contribution in [-0.2, 0) is 4.74 Å². The van der Waals surface area contributed by atoms with Crippen LogP contribution in [0.2, 0.25) is 0 Å². The molecule has 1 atom stereocenters. The number of aromatic nitrogens is 2. The minimum Gasteiger partial charge on any atom is -0.376 e. The van der Waals surface area contributed by atoms with Crippen molar-refractivity contribution in [3.8, 4) is 11.4 Å². The molecule has 1 unspecified atom stereocenters. The molecule has 1 fully saturated rings. The third-order valence-corrected chi connectivity index (χ3v) is 4.94. The van der Waals surface area contributed by atoms with E-state index < -0.39 is 0 Å². The molecule has 0 radical (unpaired) electrons. The molecule has 0 bridgehead atoms. The Kier molecular flexibility index (Phi) is 5.53. The fourth-order valence-corrected chi connectivity index (χ4v) is 3.43. The van der Waals surface area contributed by atoms with Crippen molar-refractivity contribution in [3.05, 3.63) is 65.7 Å². The summed E-state index contributed by atoms with van der Waals surface area (Å²) in [5, 5.41) is 6.89. The van der Waals surface area contributed by atoms with E-state index in [2.05, 4.69) is 42.7 Å². The van der Waals surface area contributed by atoms with Crippen molar-refractivity contribution in [3.63, 3.8) is 0 Å². The largest absolute Gasteiger partial charge is 0.376 e. The molecule has 5 heteroatoms. The molecule has 2 heterocycles. The summed E-state index contributed by atoms with van der Waals surface area (Å²) in [6, 6.07) is 18.4. The normalized spacial score (nSPS) is 16.1. The van der Waals surface area contributed by atoms with Gasteiger partial charge >= 0.3 is 0 Å². The van der Waals surface area contributed by atoms with Gasteiger partial charge in [0, 0.05) is 30.5 Å². The Bertz CT molecular complexity index is 937. The van der Waals surface area contributed by atoms with Crippen LogP contribution in [0.15, 0.2) is 54.6 Å². The molecular weight excluding hydrogens is 348 g/mol. The summed E-state index contributed by atoms with van der Waals surface area (Å²) >= 11 is 0. The van der Waals surface area contributed by atoms with Gasteiger partial charge < -0.3 is 15.4 Å². The van der Waals surface area contributed by atoms with Gasteiger partial charge in [-0.2, -0.15) is 0 Å². The molecule has 3 aromatic rings. The highest BCUT2D eigenvalue weighted by atomic mass is 16.5. The molecule has 1 aliphatic heterocycles. The fraction of sp³-hybridized carbons (Fsp3) is 0.304. The number of nitrogens with one attached hydrogen (secondary N) is 2. The SMILES string of the molecule is Cc1ccc(Nc2cc(NCC3CCCO3)nc(-c3ccccc3)n2)c(C)c1. The number of hydrogen-bond acceptors (Lipinski definition) is 5.